The zero-order valence-corrected chi connectivity index (χ0v) is 20.5. The fourth-order valence-electron chi connectivity index (χ4n) is 3.92. The van der Waals surface area contributed by atoms with E-state index in [-0.39, 0.29) is 5.91 Å². The maximum atomic E-state index is 13.7. The first-order valence-electron chi connectivity index (χ1n) is 10.7. The standard InChI is InChI=1S/C25H28BrN3O3/c1-16-12-20(31-3)11-10-18(16)14-29(15-19-6-5-7-21(26)24(19)32-4)25(30)23-13-22(17-8-9-17)27-28(23)2/h5-7,10-13,17H,8-9,14-15H2,1-4H3. The van der Waals surface area contributed by atoms with Crippen molar-refractivity contribution in [3.63, 3.8) is 0 Å². The van der Waals surface area contributed by atoms with E-state index in [1.807, 2.05) is 61.3 Å². The third-order valence-corrected chi connectivity index (χ3v) is 6.55. The molecule has 1 heterocycles. The third kappa shape index (κ3) is 4.67. The van der Waals surface area contributed by atoms with Gasteiger partial charge in [0.05, 0.1) is 30.9 Å². The van der Waals surface area contributed by atoms with E-state index in [0.29, 0.717) is 24.7 Å². The van der Waals surface area contributed by atoms with Gasteiger partial charge in [0, 0.05) is 25.1 Å². The molecule has 7 heteroatoms. The molecule has 32 heavy (non-hydrogen) atoms. The molecule has 1 aromatic heterocycles. The largest absolute Gasteiger partial charge is 0.497 e. The molecule has 0 N–H and O–H groups in total. The van der Waals surface area contributed by atoms with Crippen LogP contribution in [0.15, 0.2) is 46.9 Å². The lowest BCUT2D eigenvalue weighted by atomic mass is 10.1. The van der Waals surface area contributed by atoms with Crippen LogP contribution >= 0.6 is 15.9 Å². The van der Waals surface area contributed by atoms with Crippen molar-refractivity contribution in [1.82, 2.24) is 14.7 Å². The average Bonchev–Trinajstić information content (AvgIpc) is 3.56. The number of hydrogen-bond acceptors (Lipinski definition) is 4. The van der Waals surface area contributed by atoms with Gasteiger partial charge < -0.3 is 14.4 Å². The van der Waals surface area contributed by atoms with Gasteiger partial charge in [-0.3, -0.25) is 9.48 Å². The van der Waals surface area contributed by atoms with Crippen molar-refractivity contribution in [2.75, 3.05) is 14.2 Å². The van der Waals surface area contributed by atoms with Crippen molar-refractivity contribution in [3.05, 3.63) is 75.0 Å². The lowest BCUT2D eigenvalue weighted by Gasteiger charge is -2.25. The molecule has 0 atom stereocenters. The normalized spacial score (nSPS) is 13.2. The number of aromatic nitrogens is 2. The van der Waals surface area contributed by atoms with Gasteiger partial charge in [0.2, 0.25) is 0 Å². The van der Waals surface area contributed by atoms with Crippen molar-refractivity contribution in [1.29, 1.82) is 0 Å². The van der Waals surface area contributed by atoms with Gasteiger partial charge in [-0.05, 0) is 71.1 Å². The van der Waals surface area contributed by atoms with E-state index in [0.717, 1.165) is 51.2 Å². The number of ether oxygens (including phenoxy) is 2. The Morgan fingerprint density at radius 2 is 1.88 bits per heavy atom. The highest BCUT2D eigenvalue weighted by atomic mass is 79.9. The third-order valence-electron chi connectivity index (χ3n) is 5.93. The van der Waals surface area contributed by atoms with Gasteiger partial charge >= 0.3 is 0 Å². The quantitative estimate of drug-likeness (QED) is 0.427. The number of halogens is 1. The number of carbonyl (C=O) groups excluding carboxylic acids is 1. The fourth-order valence-corrected chi connectivity index (χ4v) is 4.49. The first kappa shape index (κ1) is 22.4. The van der Waals surface area contributed by atoms with E-state index in [4.69, 9.17) is 9.47 Å². The molecule has 4 rings (SSSR count). The highest BCUT2D eigenvalue weighted by Crippen LogP contribution is 2.39. The molecule has 0 saturated heterocycles. The van der Waals surface area contributed by atoms with E-state index in [1.54, 1.807) is 18.9 Å². The van der Waals surface area contributed by atoms with Crippen molar-refractivity contribution >= 4 is 21.8 Å². The predicted molar refractivity (Wildman–Crippen MR) is 127 cm³/mol. The lowest BCUT2D eigenvalue weighted by Crippen LogP contribution is -2.32. The maximum Gasteiger partial charge on any atom is 0.272 e. The summed E-state index contributed by atoms with van der Waals surface area (Å²) in [4.78, 5) is 15.6. The fraction of sp³-hybridized carbons (Fsp3) is 0.360. The number of benzene rings is 2. The minimum atomic E-state index is -0.0517. The lowest BCUT2D eigenvalue weighted by molar-refractivity contribution is 0.0717. The molecule has 168 valence electrons. The monoisotopic (exact) mass is 497 g/mol. The van der Waals surface area contributed by atoms with Crippen molar-refractivity contribution in [2.45, 2.75) is 38.8 Å². The van der Waals surface area contributed by atoms with Gasteiger partial charge in [0.1, 0.15) is 17.2 Å². The van der Waals surface area contributed by atoms with E-state index in [9.17, 15) is 4.79 Å². The Hall–Kier alpha value is -2.80. The van der Waals surface area contributed by atoms with Gasteiger partial charge in [-0.15, -0.1) is 0 Å². The van der Waals surface area contributed by atoms with Crippen LogP contribution in [0.25, 0.3) is 0 Å². The Labute approximate surface area is 197 Å². The second kappa shape index (κ2) is 9.36. The molecule has 1 amide bonds. The number of para-hydroxylation sites is 1. The zero-order chi connectivity index (χ0) is 22.8. The zero-order valence-electron chi connectivity index (χ0n) is 18.9. The molecule has 3 aromatic rings. The summed E-state index contributed by atoms with van der Waals surface area (Å²) in [5.74, 6) is 1.98. The minimum Gasteiger partial charge on any atom is -0.497 e. The molecule has 1 fully saturated rings. The molecule has 0 radical (unpaired) electrons. The van der Waals surface area contributed by atoms with Gasteiger partial charge in [-0.25, -0.2) is 0 Å². The SMILES string of the molecule is COc1ccc(CN(Cc2cccc(Br)c2OC)C(=O)c2cc(C3CC3)nn2C)c(C)c1. The van der Waals surface area contributed by atoms with Gasteiger partial charge in [0.15, 0.2) is 0 Å². The summed E-state index contributed by atoms with van der Waals surface area (Å²) in [6.45, 7) is 2.92. The van der Waals surface area contributed by atoms with E-state index < -0.39 is 0 Å². The first-order chi connectivity index (χ1) is 15.4. The average molecular weight is 498 g/mol. The highest BCUT2D eigenvalue weighted by molar-refractivity contribution is 9.10. The molecule has 0 spiro atoms. The Kier molecular flexibility index (Phi) is 6.55. The molecule has 2 aromatic carbocycles. The summed E-state index contributed by atoms with van der Waals surface area (Å²) in [5.41, 5.74) is 4.69. The Bertz CT molecular complexity index is 1140. The molecule has 0 bridgehead atoms. The smallest absolute Gasteiger partial charge is 0.272 e. The van der Waals surface area contributed by atoms with Crippen LogP contribution in [0.3, 0.4) is 0 Å². The molecular formula is C25H28BrN3O3. The highest BCUT2D eigenvalue weighted by Gasteiger charge is 2.29. The van der Waals surface area contributed by atoms with Crippen LogP contribution in [0.5, 0.6) is 11.5 Å². The molecule has 1 aliphatic rings. The summed E-state index contributed by atoms with van der Waals surface area (Å²) in [7, 11) is 5.14. The Morgan fingerprint density at radius 3 is 2.53 bits per heavy atom. The Morgan fingerprint density at radius 1 is 1.12 bits per heavy atom. The molecule has 6 nitrogen and oxygen atoms in total. The van der Waals surface area contributed by atoms with E-state index in [2.05, 4.69) is 21.0 Å². The molecule has 0 unspecified atom stereocenters. The van der Waals surface area contributed by atoms with Crippen LogP contribution in [-0.2, 0) is 20.1 Å². The second-order valence-electron chi connectivity index (χ2n) is 8.24. The number of hydrogen-bond donors (Lipinski definition) is 0. The number of nitrogens with zero attached hydrogens (tertiary/aromatic N) is 3. The van der Waals surface area contributed by atoms with Crippen LogP contribution in [0.2, 0.25) is 0 Å². The van der Waals surface area contributed by atoms with E-state index >= 15 is 0 Å². The summed E-state index contributed by atoms with van der Waals surface area (Å²) < 4.78 is 13.5. The first-order valence-corrected chi connectivity index (χ1v) is 11.5. The molecule has 1 saturated carbocycles. The van der Waals surface area contributed by atoms with Crippen LogP contribution in [-0.4, -0.2) is 34.8 Å². The maximum absolute atomic E-state index is 13.7. The van der Waals surface area contributed by atoms with Crippen molar-refractivity contribution in [2.24, 2.45) is 7.05 Å². The number of carbonyl (C=O) groups is 1. The number of aryl methyl sites for hydroxylation is 2. The number of amides is 1. The Balaban J connectivity index is 1.69. The van der Waals surface area contributed by atoms with Crippen LogP contribution in [0, 0.1) is 6.92 Å². The molecule has 0 aliphatic heterocycles. The second-order valence-corrected chi connectivity index (χ2v) is 9.09. The summed E-state index contributed by atoms with van der Waals surface area (Å²) >= 11 is 3.55. The van der Waals surface area contributed by atoms with Gasteiger partial charge in [0.25, 0.3) is 5.91 Å². The van der Waals surface area contributed by atoms with Crippen molar-refractivity contribution in [3.8, 4) is 11.5 Å². The van der Waals surface area contributed by atoms with E-state index in [1.165, 1.54) is 0 Å². The van der Waals surface area contributed by atoms with Crippen LogP contribution in [0.1, 0.15) is 51.6 Å². The number of rotatable bonds is 8. The predicted octanol–water partition coefficient (Wildman–Crippen LogP) is 5.23. The topological polar surface area (TPSA) is 56.6 Å². The summed E-state index contributed by atoms with van der Waals surface area (Å²) in [5, 5.41) is 4.60. The van der Waals surface area contributed by atoms with Gasteiger partial charge in [-0.1, -0.05) is 18.2 Å². The van der Waals surface area contributed by atoms with Gasteiger partial charge in [-0.2, -0.15) is 5.10 Å². The number of methoxy groups -OCH3 is 2. The minimum absolute atomic E-state index is 0.0517. The molecule has 1 aliphatic carbocycles. The van der Waals surface area contributed by atoms with Crippen LogP contribution < -0.4 is 9.47 Å². The summed E-state index contributed by atoms with van der Waals surface area (Å²) in [6, 6.07) is 13.8. The van der Waals surface area contributed by atoms with Crippen molar-refractivity contribution < 1.29 is 14.3 Å². The van der Waals surface area contributed by atoms with Crippen LogP contribution in [0.4, 0.5) is 0 Å². The summed E-state index contributed by atoms with van der Waals surface area (Å²) in [6.07, 6.45) is 2.29. The molecular weight excluding hydrogens is 470 g/mol.